The maximum atomic E-state index is 13.7. The van der Waals surface area contributed by atoms with Gasteiger partial charge in [-0.1, -0.05) is 12.1 Å². The van der Waals surface area contributed by atoms with Crippen molar-refractivity contribution in [3.05, 3.63) is 53.3 Å². The second-order valence-corrected chi connectivity index (χ2v) is 5.44. The molecule has 2 N–H and O–H groups in total. The van der Waals surface area contributed by atoms with Crippen molar-refractivity contribution < 1.29 is 18.6 Å². The average Bonchev–Trinajstić information content (AvgIpc) is 2.68. The fraction of sp³-hybridized carbons (Fsp3) is 0.316. The van der Waals surface area contributed by atoms with Crippen LogP contribution in [0.1, 0.15) is 11.1 Å². The molecular weight excluding hydrogens is 337 g/mol. The maximum absolute atomic E-state index is 13.7. The largest absolute Gasteiger partial charge is 0.494 e. The lowest BCUT2D eigenvalue weighted by Crippen LogP contribution is -2.36. The summed E-state index contributed by atoms with van der Waals surface area (Å²) in [6.45, 7) is 0.990. The van der Waals surface area contributed by atoms with E-state index in [-0.39, 0.29) is 11.6 Å². The number of hydrogen-bond acceptors (Lipinski definition) is 4. The van der Waals surface area contributed by atoms with Gasteiger partial charge in [0, 0.05) is 20.1 Å². The zero-order valence-corrected chi connectivity index (χ0v) is 15.4. The van der Waals surface area contributed by atoms with Crippen molar-refractivity contribution in [1.29, 1.82) is 0 Å². The lowest BCUT2D eigenvalue weighted by atomic mass is 10.2. The SMILES string of the molecule is CN=C(NCc1ccc(OC)c(F)c1)NCc1ccc(OC)c(OC)c1. The van der Waals surface area contributed by atoms with E-state index in [1.54, 1.807) is 33.4 Å². The zero-order chi connectivity index (χ0) is 18.9. The summed E-state index contributed by atoms with van der Waals surface area (Å²) in [6.07, 6.45) is 0. The second-order valence-electron chi connectivity index (χ2n) is 5.44. The Labute approximate surface area is 153 Å². The molecule has 0 amide bonds. The number of guanidine groups is 1. The predicted molar refractivity (Wildman–Crippen MR) is 99.5 cm³/mol. The first-order valence-corrected chi connectivity index (χ1v) is 8.09. The highest BCUT2D eigenvalue weighted by Crippen LogP contribution is 2.27. The molecule has 0 fully saturated rings. The molecule has 0 unspecified atom stereocenters. The molecule has 0 atom stereocenters. The Hall–Kier alpha value is -2.96. The normalized spacial score (nSPS) is 11.0. The topological polar surface area (TPSA) is 64.1 Å². The van der Waals surface area contributed by atoms with Gasteiger partial charge in [0.1, 0.15) is 0 Å². The van der Waals surface area contributed by atoms with Crippen molar-refractivity contribution in [3.63, 3.8) is 0 Å². The Kier molecular flexibility index (Phi) is 7.08. The Balaban J connectivity index is 1.93. The number of nitrogens with zero attached hydrogens (tertiary/aromatic N) is 1. The minimum absolute atomic E-state index is 0.227. The lowest BCUT2D eigenvalue weighted by molar-refractivity contribution is 0.354. The average molecular weight is 361 g/mol. The standard InChI is InChI=1S/C19H24FN3O3/c1-21-19(22-11-13-5-7-16(24-2)15(20)9-13)23-12-14-6-8-17(25-3)18(10-14)26-4/h5-10H,11-12H2,1-4H3,(H2,21,22,23). The van der Waals surface area contributed by atoms with Crippen LogP contribution < -0.4 is 24.8 Å². The molecule has 0 saturated heterocycles. The molecule has 2 aromatic carbocycles. The molecule has 2 rings (SSSR count). The summed E-state index contributed by atoms with van der Waals surface area (Å²) >= 11 is 0. The van der Waals surface area contributed by atoms with Crippen LogP contribution in [0.3, 0.4) is 0 Å². The Morgan fingerprint density at radius 1 is 0.846 bits per heavy atom. The van der Waals surface area contributed by atoms with Crippen molar-refractivity contribution in [1.82, 2.24) is 10.6 Å². The lowest BCUT2D eigenvalue weighted by Gasteiger charge is -2.14. The molecule has 2 aromatic rings. The maximum Gasteiger partial charge on any atom is 0.191 e. The number of ether oxygens (including phenoxy) is 3. The number of halogens is 1. The van der Waals surface area contributed by atoms with Gasteiger partial charge in [0.05, 0.1) is 21.3 Å². The van der Waals surface area contributed by atoms with Gasteiger partial charge in [0.15, 0.2) is 29.0 Å². The van der Waals surface area contributed by atoms with Crippen LogP contribution in [0.5, 0.6) is 17.2 Å². The van der Waals surface area contributed by atoms with E-state index >= 15 is 0 Å². The summed E-state index contributed by atoms with van der Waals surface area (Å²) in [4.78, 5) is 4.17. The van der Waals surface area contributed by atoms with Gasteiger partial charge in [0.25, 0.3) is 0 Å². The fourth-order valence-electron chi connectivity index (χ4n) is 2.40. The van der Waals surface area contributed by atoms with Crippen molar-refractivity contribution in [2.24, 2.45) is 4.99 Å². The molecule has 0 aliphatic rings. The van der Waals surface area contributed by atoms with E-state index in [0.717, 1.165) is 11.1 Å². The van der Waals surface area contributed by atoms with Crippen LogP contribution in [0.15, 0.2) is 41.4 Å². The van der Waals surface area contributed by atoms with Gasteiger partial charge in [-0.15, -0.1) is 0 Å². The van der Waals surface area contributed by atoms with E-state index in [1.165, 1.54) is 13.2 Å². The summed E-state index contributed by atoms with van der Waals surface area (Å²) in [7, 11) is 6.32. The van der Waals surface area contributed by atoms with E-state index in [4.69, 9.17) is 14.2 Å². The van der Waals surface area contributed by atoms with E-state index in [1.807, 2.05) is 18.2 Å². The van der Waals surface area contributed by atoms with Gasteiger partial charge in [-0.25, -0.2) is 4.39 Å². The van der Waals surface area contributed by atoms with Crippen LogP contribution in [-0.4, -0.2) is 34.3 Å². The predicted octanol–water partition coefficient (Wildman–Crippen LogP) is 2.72. The third-order valence-corrected chi connectivity index (χ3v) is 3.81. The Morgan fingerprint density at radius 3 is 1.88 bits per heavy atom. The van der Waals surface area contributed by atoms with Crippen LogP contribution in [0.2, 0.25) is 0 Å². The third kappa shape index (κ3) is 5.02. The highest BCUT2D eigenvalue weighted by Gasteiger charge is 2.07. The van der Waals surface area contributed by atoms with Gasteiger partial charge in [-0.2, -0.15) is 0 Å². The molecule has 26 heavy (non-hydrogen) atoms. The summed E-state index contributed by atoms with van der Waals surface area (Å²) in [6, 6.07) is 10.5. The van der Waals surface area contributed by atoms with Crippen molar-refractivity contribution in [2.45, 2.75) is 13.1 Å². The number of nitrogens with one attached hydrogen (secondary N) is 2. The minimum Gasteiger partial charge on any atom is -0.494 e. The molecule has 0 aliphatic heterocycles. The van der Waals surface area contributed by atoms with Gasteiger partial charge < -0.3 is 24.8 Å². The molecule has 0 radical (unpaired) electrons. The number of rotatable bonds is 7. The third-order valence-electron chi connectivity index (χ3n) is 3.81. The van der Waals surface area contributed by atoms with Crippen LogP contribution in [0.25, 0.3) is 0 Å². The van der Waals surface area contributed by atoms with Gasteiger partial charge in [0.2, 0.25) is 0 Å². The fourth-order valence-corrected chi connectivity index (χ4v) is 2.40. The highest BCUT2D eigenvalue weighted by atomic mass is 19.1. The number of hydrogen-bond donors (Lipinski definition) is 2. The monoisotopic (exact) mass is 361 g/mol. The second kappa shape index (κ2) is 9.50. The van der Waals surface area contributed by atoms with Gasteiger partial charge in [-0.3, -0.25) is 4.99 Å². The molecule has 0 saturated carbocycles. The van der Waals surface area contributed by atoms with Crippen molar-refractivity contribution in [3.8, 4) is 17.2 Å². The molecular formula is C19H24FN3O3. The first-order chi connectivity index (χ1) is 12.6. The molecule has 0 heterocycles. The van der Waals surface area contributed by atoms with E-state index in [0.29, 0.717) is 30.5 Å². The first kappa shape index (κ1) is 19.4. The number of benzene rings is 2. The van der Waals surface area contributed by atoms with Gasteiger partial charge >= 0.3 is 0 Å². The molecule has 0 aromatic heterocycles. The smallest absolute Gasteiger partial charge is 0.191 e. The van der Waals surface area contributed by atoms with E-state index in [9.17, 15) is 4.39 Å². The Morgan fingerprint density at radius 2 is 1.38 bits per heavy atom. The minimum atomic E-state index is -0.389. The summed E-state index contributed by atoms with van der Waals surface area (Å²) in [5, 5.41) is 6.35. The first-order valence-electron chi connectivity index (χ1n) is 8.09. The summed E-state index contributed by atoms with van der Waals surface area (Å²) < 4.78 is 29.2. The van der Waals surface area contributed by atoms with Crippen molar-refractivity contribution >= 4 is 5.96 Å². The molecule has 140 valence electrons. The highest BCUT2D eigenvalue weighted by molar-refractivity contribution is 5.79. The quantitative estimate of drug-likeness (QED) is 0.586. The number of aliphatic imine (C=N–C) groups is 1. The van der Waals surface area contributed by atoms with E-state index < -0.39 is 0 Å². The summed E-state index contributed by atoms with van der Waals surface area (Å²) in [5.74, 6) is 1.80. The van der Waals surface area contributed by atoms with Crippen LogP contribution in [-0.2, 0) is 13.1 Å². The van der Waals surface area contributed by atoms with Crippen LogP contribution in [0.4, 0.5) is 4.39 Å². The van der Waals surface area contributed by atoms with Gasteiger partial charge in [-0.05, 0) is 35.4 Å². The molecule has 7 heteroatoms. The molecule has 0 spiro atoms. The molecule has 6 nitrogen and oxygen atoms in total. The molecule has 0 bridgehead atoms. The summed E-state index contributed by atoms with van der Waals surface area (Å²) in [5.41, 5.74) is 1.80. The van der Waals surface area contributed by atoms with E-state index in [2.05, 4.69) is 15.6 Å². The molecule has 0 aliphatic carbocycles. The number of methoxy groups -OCH3 is 3. The van der Waals surface area contributed by atoms with Crippen LogP contribution >= 0.6 is 0 Å². The zero-order valence-electron chi connectivity index (χ0n) is 15.4. The van der Waals surface area contributed by atoms with Crippen LogP contribution in [0, 0.1) is 5.82 Å². The Bertz CT molecular complexity index is 766. The van der Waals surface area contributed by atoms with Crippen molar-refractivity contribution in [2.75, 3.05) is 28.4 Å².